The number of nitrogens with one attached hydrogen (secondary N) is 2. The van der Waals surface area contributed by atoms with Crippen LogP contribution < -0.4 is 10.6 Å². The van der Waals surface area contributed by atoms with E-state index in [9.17, 15) is 13.2 Å². The molecule has 1 amide bonds. The lowest BCUT2D eigenvalue weighted by Gasteiger charge is -2.22. The molecule has 18 heavy (non-hydrogen) atoms. The van der Waals surface area contributed by atoms with Crippen molar-refractivity contribution in [3.05, 3.63) is 0 Å². The smallest absolute Gasteiger partial charge is 0.230 e. The molecule has 2 heterocycles. The summed E-state index contributed by atoms with van der Waals surface area (Å²) in [6, 6.07) is -0.170. The molecule has 0 aliphatic carbocycles. The summed E-state index contributed by atoms with van der Waals surface area (Å²) >= 11 is 1.69. The molecule has 2 fully saturated rings. The first kappa shape index (κ1) is 14.1. The minimum absolute atomic E-state index is 0.0272. The zero-order valence-electron chi connectivity index (χ0n) is 10.4. The topological polar surface area (TPSA) is 75.3 Å². The molecule has 104 valence electrons. The molecule has 5 nitrogen and oxygen atoms in total. The number of sulfone groups is 1. The first-order valence-corrected chi connectivity index (χ1v) is 9.24. The number of amides is 1. The van der Waals surface area contributed by atoms with E-state index >= 15 is 0 Å². The summed E-state index contributed by atoms with van der Waals surface area (Å²) in [6.07, 6.45) is 2.78. The van der Waals surface area contributed by atoms with Crippen LogP contribution in [0.3, 0.4) is 0 Å². The van der Waals surface area contributed by atoms with E-state index in [-0.39, 0.29) is 23.5 Å². The van der Waals surface area contributed by atoms with E-state index in [4.69, 9.17) is 0 Å². The lowest BCUT2D eigenvalue weighted by molar-refractivity contribution is -0.119. The highest BCUT2D eigenvalue weighted by Crippen LogP contribution is 2.20. The van der Waals surface area contributed by atoms with E-state index in [2.05, 4.69) is 10.6 Å². The molecule has 7 heteroatoms. The number of piperidine rings is 1. The number of carbonyl (C=O) groups excluding carboxylic acids is 1. The molecule has 0 aromatic rings. The van der Waals surface area contributed by atoms with E-state index in [0.29, 0.717) is 17.4 Å². The molecule has 0 saturated carbocycles. The first-order valence-electron chi connectivity index (χ1n) is 6.37. The molecule has 2 saturated heterocycles. The van der Waals surface area contributed by atoms with E-state index in [0.717, 1.165) is 25.9 Å². The predicted molar refractivity (Wildman–Crippen MR) is 73.6 cm³/mol. The van der Waals surface area contributed by atoms with Gasteiger partial charge in [0.15, 0.2) is 9.84 Å². The molecule has 0 spiro atoms. The molecular weight excluding hydrogens is 272 g/mol. The van der Waals surface area contributed by atoms with Gasteiger partial charge in [0.25, 0.3) is 0 Å². The van der Waals surface area contributed by atoms with Crippen LogP contribution in [0.5, 0.6) is 0 Å². The van der Waals surface area contributed by atoms with E-state index in [1.807, 2.05) is 0 Å². The molecular formula is C11H20N2O3S2. The van der Waals surface area contributed by atoms with Gasteiger partial charge >= 0.3 is 0 Å². The second-order valence-corrected chi connectivity index (χ2v) is 8.45. The molecule has 1 unspecified atom stereocenters. The van der Waals surface area contributed by atoms with Gasteiger partial charge in [0.1, 0.15) is 0 Å². The lowest BCUT2D eigenvalue weighted by Crippen LogP contribution is -2.37. The Labute approximate surface area is 112 Å². The van der Waals surface area contributed by atoms with Crippen molar-refractivity contribution in [3.8, 4) is 0 Å². The molecule has 2 aliphatic rings. The fourth-order valence-electron chi connectivity index (χ4n) is 2.33. The minimum atomic E-state index is -2.91. The number of hydrogen-bond donors (Lipinski definition) is 2. The van der Waals surface area contributed by atoms with Crippen LogP contribution in [0.15, 0.2) is 0 Å². The summed E-state index contributed by atoms with van der Waals surface area (Å²) in [7, 11) is -2.91. The SMILES string of the molecule is O=C(CSC1CCNCC1)NC1CCS(=O)(=O)C1. The molecule has 0 aromatic heterocycles. The summed E-state index contributed by atoms with van der Waals surface area (Å²) in [5.74, 6) is 0.734. The molecule has 0 radical (unpaired) electrons. The maximum absolute atomic E-state index is 11.7. The van der Waals surface area contributed by atoms with Crippen molar-refractivity contribution in [2.75, 3.05) is 30.3 Å². The molecule has 2 N–H and O–H groups in total. The van der Waals surface area contributed by atoms with Crippen LogP contribution in [0.25, 0.3) is 0 Å². The summed E-state index contributed by atoms with van der Waals surface area (Å²) in [4.78, 5) is 11.7. The lowest BCUT2D eigenvalue weighted by atomic mass is 10.2. The highest BCUT2D eigenvalue weighted by Gasteiger charge is 2.28. The summed E-state index contributed by atoms with van der Waals surface area (Å²) in [5.41, 5.74) is 0. The van der Waals surface area contributed by atoms with Gasteiger partial charge in [0.2, 0.25) is 5.91 Å². The standard InChI is InChI=1S/C11H20N2O3S2/c14-11(7-17-10-1-4-12-5-2-10)13-9-3-6-18(15,16)8-9/h9-10,12H,1-8H2,(H,13,14). The van der Waals surface area contributed by atoms with Gasteiger partial charge < -0.3 is 10.6 Å². The molecule has 1 atom stereocenters. The normalized spacial score (nSPS) is 28.1. The summed E-state index contributed by atoms with van der Waals surface area (Å²) in [6.45, 7) is 2.06. The van der Waals surface area contributed by atoms with Gasteiger partial charge in [-0.1, -0.05) is 0 Å². The quantitative estimate of drug-likeness (QED) is 0.749. The van der Waals surface area contributed by atoms with Crippen molar-refractivity contribution < 1.29 is 13.2 Å². The Balaban J connectivity index is 1.66. The highest BCUT2D eigenvalue weighted by atomic mass is 32.2. The van der Waals surface area contributed by atoms with Gasteiger partial charge in [-0.15, -0.1) is 11.8 Å². The third-order valence-electron chi connectivity index (χ3n) is 3.33. The van der Waals surface area contributed by atoms with Crippen LogP contribution in [0.2, 0.25) is 0 Å². The zero-order chi connectivity index (χ0) is 13.0. The second-order valence-electron chi connectivity index (χ2n) is 4.93. The fraction of sp³-hybridized carbons (Fsp3) is 0.909. The number of carbonyl (C=O) groups is 1. The average molecular weight is 292 g/mol. The van der Waals surface area contributed by atoms with E-state index in [1.54, 1.807) is 11.8 Å². The Hall–Kier alpha value is -0.270. The van der Waals surface area contributed by atoms with Crippen LogP contribution in [-0.4, -0.2) is 56.0 Å². The van der Waals surface area contributed by atoms with Gasteiger partial charge in [0.05, 0.1) is 17.3 Å². The monoisotopic (exact) mass is 292 g/mol. The van der Waals surface area contributed by atoms with E-state index in [1.165, 1.54) is 0 Å². The van der Waals surface area contributed by atoms with Gasteiger partial charge in [-0.25, -0.2) is 8.42 Å². The summed E-state index contributed by atoms with van der Waals surface area (Å²) in [5, 5.41) is 6.67. The summed E-state index contributed by atoms with van der Waals surface area (Å²) < 4.78 is 22.5. The van der Waals surface area contributed by atoms with Crippen molar-refractivity contribution in [1.82, 2.24) is 10.6 Å². The zero-order valence-corrected chi connectivity index (χ0v) is 12.0. The Morgan fingerprint density at radius 3 is 2.61 bits per heavy atom. The van der Waals surface area contributed by atoms with Crippen molar-refractivity contribution in [3.63, 3.8) is 0 Å². The van der Waals surface area contributed by atoms with E-state index < -0.39 is 9.84 Å². The average Bonchev–Trinajstić information content (AvgIpc) is 2.67. The Morgan fingerprint density at radius 2 is 2.00 bits per heavy atom. The predicted octanol–water partition coefficient (Wildman–Crippen LogP) is -0.225. The van der Waals surface area contributed by atoms with Crippen molar-refractivity contribution in [2.45, 2.75) is 30.6 Å². The third-order valence-corrected chi connectivity index (χ3v) is 6.47. The minimum Gasteiger partial charge on any atom is -0.352 e. The van der Waals surface area contributed by atoms with Gasteiger partial charge in [-0.2, -0.15) is 0 Å². The Bertz CT molecular complexity index is 391. The third kappa shape index (κ3) is 4.44. The Kier molecular flexibility index (Phi) is 4.91. The van der Waals surface area contributed by atoms with Gasteiger partial charge in [-0.3, -0.25) is 4.79 Å². The maximum atomic E-state index is 11.7. The van der Waals surface area contributed by atoms with Crippen LogP contribution >= 0.6 is 11.8 Å². The molecule has 0 bridgehead atoms. The Morgan fingerprint density at radius 1 is 1.28 bits per heavy atom. The fourth-order valence-corrected chi connectivity index (χ4v) is 5.05. The molecule has 2 aliphatic heterocycles. The second kappa shape index (κ2) is 6.25. The van der Waals surface area contributed by atoms with Crippen molar-refractivity contribution >= 4 is 27.5 Å². The van der Waals surface area contributed by atoms with Gasteiger partial charge in [0, 0.05) is 11.3 Å². The van der Waals surface area contributed by atoms with Crippen LogP contribution in [-0.2, 0) is 14.6 Å². The van der Waals surface area contributed by atoms with Crippen molar-refractivity contribution in [2.24, 2.45) is 0 Å². The maximum Gasteiger partial charge on any atom is 0.230 e. The molecule has 0 aromatic carbocycles. The number of hydrogen-bond acceptors (Lipinski definition) is 5. The largest absolute Gasteiger partial charge is 0.352 e. The van der Waals surface area contributed by atoms with Crippen LogP contribution in [0.4, 0.5) is 0 Å². The highest BCUT2D eigenvalue weighted by molar-refractivity contribution is 8.00. The van der Waals surface area contributed by atoms with Crippen molar-refractivity contribution in [1.29, 1.82) is 0 Å². The number of thioether (sulfide) groups is 1. The molecule has 2 rings (SSSR count). The first-order chi connectivity index (χ1) is 8.55. The van der Waals surface area contributed by atoms with Gasteiger partial charge in [-0.05, 0) is 32.4 Å². The number of rotatable bonds is 4. The van der Waals surface area contributed by atoms with Crippen LogP contribution in [0, 0.1) is 0 Å². The van der Waals surface area contributed by atoms with Crippen LogP contribution in [0.1, 0.15) is 19.3 Å².